The number of piperazine rings is 1. The van der Waals surface area contributed by atoms with Crippen LogP contribution in [0.3, 0.4) is 0 Å². The number of halogens is 1. The first kappa shape index (κ1) is 15.7. The summed E-state index contributed by atoms with van der Waals surface area (Å²) in [5.41, 5.74) is 1.07. The summed E-state index contributed by atoms with van der Waals surface area (Å²) in [4.78, 5) is 16.6. The molecule has 0 unspecified atom stereocenters. The molecule has 2 heterocycles. The summed E-state index contributed by atoms with van der Waals surface area (Å²) in [6.45, 7) is 6.19. The Morgan fingerprint density at radius 2 is 1.95 bits per heavy atom. The lowest BCUT2D eigenvalue weighted by atomic mass is 10.1. The lowest BCUT2D eigenvalue weighted by Crippen LogP contribution is -2.50. The van der Waals surface area contributed by atoms with Gasteiger partial charge in [0.05, 0.1) is 19.7 Å². The van der Waals surface area contributed by atoms with Crippen molar-refractivity contribution in [2.45, 2.75) is 6.10 Å². The molecule has 0 aliphatic carbocycles. The Hall–Kier alpha value is -1.14. The molecular formula is C16H22ClN3O2. The van der Waals surface area contributed by atoms with Gasteiger partial charge in [-0.3, -0.25) is 9.69 Å². The number of carbonyl (C=O) groups excluding carboxylic acids is 1. The minimum Gasteiger partial charge on any atom is -0.370 e. The van der Waals surface area contributed by atoms with E-state index in [1.165, 1.54) is 0 Å². The van der Waals surface area contributed by atoms with Gasteiger partial charge >= 0.3 is 0 Å². The van der Waals surface area contributed by atoms with Gasteiger partial charge in [0.15, 0.2) is 0 Å². The van der Waals surface area contributed by atoms with Crippen LogP contribution in [-0.2, 0) is 9.53 Å². The Morgan fingerprint density at radius 3 is 2.68 bits per heavy atom. The molecule has 0 saturated carbocycles. The van der Waals surface area contributed by atoms with Gasteiger partial charge in [-0.15, -0.1) is 0 Å². The first-order chi connectivity index (χ1) is 10.7. The zero-order valence-electron chi connectivity index (χ0n) is 12.6. The lowest BCUT2D eigenvalue weighted by molar-refractivity contribution is -0.140. The molecule has 120 valence electrons. The van der Waals surface area contributed by atoms with Crippen molar-refractivity contribution in [1.82, 2.24) is 15.1 Å². The van der Waals surface area contributed by atoms with Gasteiger partial charge in [0.2, 0.25) is 5.91 Å². The van der Waals surface area contributed by atoms with Crippen LogP contribution in [0, 0.1) is 0 Å². The number of hydrogen-bond acceptors (Lipinski definition) is 4. The van der Waals surface area contributed by atoms with Crippen LogP contribution in [0.1, 0.15) is 11.7 Å². The second-order valence-corrected chi connectivity index (χ2v) is 6.21. The minimum absolute atomic E-state index is 0.0574. The smallest absolute Gasteiger partial charge is 0.236 e. The fraction of sp³-hybridized carbons (Fsp3) is 0.562. The number of carbonyl (C=O) groups is 1. The molecule has 1 amide bonds. The molecule has 1 atom stereocenters. The molecule has 2 fully saturated rings. The average Bonchev–Trinajstić information content (AvgIpc) is 2.56. The normalized spacial score (nSPS) is 23.5. The van der Waals surface area contributed by atoms with Crippen LogP contribution in [0.5, 0.6) is 0 Å². The molecular weight excluding hydrogens is 302 g/mol. The molecule has 2 aliphatic heterocycles. The zero-order chi connectivity index (χ0) is 15.4. The first-order valence-corrected chi connectivity index (χ1v) is 8.18. The molecule has 0 aromatic heterocycles. The van der Waals surface area contributed by atoms with E-state index in [0.717, 1.165) is 31.7 Å². The number of ether oxygens (including phenoxy) is 1. The van der Waals surface area contributed by atoms with E-state index < -0.39 is 0 Å². The second-order valence-electron chi connectivity index (χ2n) is 5.78. The number of rotatable bonds is 3. The monoisotopic (exact) mass is 323 g/mol. The van der Waals surface area contributed by atoms with Crippen molar-refractivity contribution in [3.05, 3.63) is 34.9 Å². The summed E-state index contributed by atoms with van der Waals surface area (Å²) in [7, 11) is 0. The predicted molar refractivity (Wildman–Crippen MR) is 86.0 cm³/mol. The Bertz CT molecular complexity index is 503. The molecule has 1 aromatic carbocycles. The van der Waals surface area contributed by atoms with Gasteiger partial charge in [-0.1, -0.05) is 23.7 Å². The van der Waals surface area contributed by atoms with Gasteiger partial charge in [-0.2, -0.15) is 0 Å². The van der Waals surface area contributed by atoms with Gasteiger partial charge in [0.25, 0.3) is 0 Å². The third-order valence-electron chi connectivity index (χ3n) is 4.23. The van der Waals surface area contributed by atoms with E-state index >= 15 is 0 Å². The van der Waals surface area contributed by atoms with Gasteiger partial charge in [-0.05, 0) is 17.7 Å². The van der Waals surface area contributed by atoms with Gasteiger partial charge < -0.3 is 15.0 Å². The van der Waals surface area contributed by atoms with Crippen LogP contribution in [0.25, 0.3) is 0 Å². The number of amides is 1. The Balaban J connectivity index is 1.57. The third kappa shape index (κ3) is 3.98. The number of morpholine rings is 1. The fourth-order valence-corrected chi connectivity index (χ4v) is 3.04. The standard InChI is InChI=1S/C16H22ClN3O2/c17-14-3-1-13(2-4-14)15-11-20(9-10-22-15)16(21)12-19-7-5-18-6-8-19/h1-4,15,18H,5-12H2/t15-/m1/s1. The summed E-state index contributed by atoms with van der Waals surface area (Å²) < 4.78 is 5.81. The maximum absolute atomic E-state index is 12.5. The molecule has 0 bridgehead atoms. The number of nitrogens with one attached hydrogen (secondary N) is 1. The molecule has 6 heteroatoms. The topological polar surface area (TPSA) is 44.8 Å². The Labute approximate surface area is 136 Å². The Kier molecular flexibility index (Phi) is 5.31. The highest BCUT2D eigenvalue weighted by atomic mass is 35.5. The van der Waals surface area contributed by atoms with Crippen molar-refractivity contribution >= 4 is 17.5 Å². The maximum atomic E-state index is 12.5. The molecule has 5 nitrogen and oxygen atoms in total. The zero-order valence-corrected chi connectivity index (χ0v) is 13.4. The van der Waals surface area contributed by atoms with Crippen molar-refractivity contribution in [3.63, 3.8) is 0 Å². The number of nitrogens with zero attached hydrogens (tertiary/aromatic N) is 2. The predicted octanol–water partition coefficient (Wildman–Crippen LogP) is 1.15. The summed E-state index contributed by atoms with van der Waals surface area (Å²) in [6.07, 6.45) is -0.0574. The Morgan fingerprint density at radius 1 is 1.23 bits per heavy atom. The van der Waals surface area contributed by atoms with Crippen LogP contribution in [0.4, 0.5) is 0 Å². The molecule has 22 heavy (non-hydrogen) atoms. The highest BCUT2D eigenvalue weighted by Gasteiger charge is 2.26. The highest BCUT2D eigenvalue weighted by molar-refractivity contribution is 6.30. The minimum atomic E-state index is -0.0574. The van der Waals surface area contributed by atoms with Gasteiger partial charge in [-0.25, -0.2) is 0 Å². The summed E-state index contributed by atoms with van der Waals surface area (Å²) in [6, 6.07) is 7.66. The van der Waals surface area contributed by atoms with Crippen LogP contribution in [-0.4, -0.2) is 68.1 Å². The fourth-order valence-electron chi connectivity index (χ4n) is 2.92. The van der Waals surface area contributed by atoms with E-state index in [1.54, 1.807) is 0 Å². The summed E-state index contributed by atoms with van der Waals surface area (Å²) >= 11 is 5.92. The SMILES string of the molecule is O=C(CN1CCNCC1)N1CCO[C@@H](c2ccc(Cl)cc2)C1. The lowest BCUT2D eigenvalue weighted by Gasteiger charge is -2.35. The average molecular weight is 324 g/mol. The molecule has 0 spiro atoms. The van der Waals surface area contributed by atoms with Crippen molar-refractivity contribution in [3.8, 4) is 0 Å². The largest absolute Gasteiger partial charge is 0.370 e. The van der Waals surface area contributed by atoms with E-state index in [-0.39, 0.29) is 12.0 Å². The molecule has 1 aromatic rings. The van der Waals surface area contributed by atoms with Gasteiger partial charge in [0.1, 0.15) is 6.10 Å². The first-order valence-electron chi connectivity index (χ1n) is 7.80. The maximum Gasteiger partial charge on any atom is 0.236 e. The van der Waals surface area contributed by atoms with E-state index in [9.17, 15) is 4.79 Å². The van der Waals surface area contributed by atoms with Crippen LogP contribution < -0.4 is 5.32 Å². The summed E-state index contributed by atoms with van der Waals surface area (Å²) in [5, 5.41) is 4.02. The summed E-state index contributed by atoms with van der Waals surface area (Å²) in [5.74, 6) is 0.198. The molecule has 3 rings (SSSR count). The second kappa shape index (κ2) is 7.42. The van der Waals surface area contributed by atoms with Crippen molar-refractivity contribution < 1.29 is 9.53 Å². The van der Waals surface area contributed by atoms with E-state index in [0.29, 0.717) is 31.3 Å². The molecule has 2 aliphatic rings. The third-order valence-corrected chi connectivity index (χ3v) is 4.48. The van der Waals surface area contributed by atoms with Crippen molar-refractivity contribution in [2.75, 3.05) is 52.4 Å². The van der Waals surface area contributed by atoms with Crippen LogP contribution in [0.2, 0.25) is 5.02 Å². The molecule has 1 N–H and O–H groups in total. The molecule has 2 saturated heterocycles. The van der Waals surface area contributed by atoms with Crippen LogP contribution in [0.15, 0.2) is 24.3 Å². The van der Waals surface area contributed by atoms with Crippen molar-refractivity contribution in [1.29, 1.82) is 0 Å². The number of benzene rings is 1. The number of hydrogen-bond donors (Lipinski definition) is 1. The van der Waals surface area contributed by atoms with Crippen LogP contribution >= 0.6 is 11.6 Å². The van der Waals surface area contributed by atoms with Gasteiger partial charge in [0, 0.05) is 37.7 Å². The molecule has 0 radical (unpaired) electrons. The highest BCUT2D eigenvalue weighted by Crippen LogP contribution is 2.23. The van der Waals surface area contributed by atoms with E-state index in [1.807, 2.05) is 29.2 Å². The quantitative estimate of drug-likeness (QED) is 0.906. The van der Waals surface area contributed by atoms with E-state index in [4.69, 9.17) is 16.3 Å². The van der Waals surface area contributed by atoms with Crippen molar-refractivity contribution in [2.24, 2.45) is 0 Å². The van der Waals surface area contributed by atoms with E-state index in [2.05, 4.69) is 10.2 Å².